The maximum Gasteiger partial charge on any atom is 0.238 e. The Kier molecular flexibility index (Phi) is 3.30. The molecule has 0 fully saturated rings. The van der Waals surface area contributed by atoms with Crippen LogP contribution in [0.1, 0.15) is 5.69 Å². The Morgan fingerprint density at radius 2 is 2.24 bits per heavy atom. The molecule has 1 heterocycles. The van der Waals surface area contributed by atoms with Gasteiger partial charge in [0.1, 0.15) is 5.75 Å². The van der Waals surface area contributed by atoms with Gasteiger partial charge in [0.15, 0.2) is 0 Å². The number of rotatable bonds is 4. The lowest BCUT2D eigenvalue weighted by Crippen LogP contribution is -1.95. The molecule has 0 bridgehead atoms. The molecule has 0 aliphatic carbocycles. The maximum atomic E-state index is 10.3. The zero-order chi connectivity index (χ0) is 12.1. The van der Waals surface area contributed by atoms with Crippen LogP contribution in [0.3, 0.4) is 0 Å². The Morgan fingerprint density at radius 1 is 1.35 bits per heavy atom. The number of hydrogen-bond acceptors (Lipinski definition) is 4. The summed E-state index contributed by atoms with van der Waals surface area (Å²) in [5, 5.41) is 2.55. The van der Waals surface area contributed by atoms with E-state index in [0.29, 0.717) is 23.7 Å². The number of aryl methyl sites for hydroxylation is 1. The van der Waals surface area contributed by atoms with E-state index < -0.39 is 0 Å². The molecule has 2 rings (SSSR count). The van der Waals surface area contributed by atoms with Gasteiger partial charge in [0.2, 0.25) is 12.3 Å². The van der Waals surface area contributed by atoms with Crippen LogP contribution in [0.25, 0.3) is 0 Å². The van der Waals surface area contributed by atoms with Gasteiger partial charge in [-0.15, -0.1) is 0 Å². The lowest BCUT2D eigenvalue weighted by atomic mass is 10.3. The molecule has 17 heavy (non-hydrogen) atoms. The van der Waals surface area contributed by atoms with Crippen LogP contribution in [0, 0.1) is 6.92 Å². The summed E-state index contributed by atoms with van der Waals surface area (Å²) in [5.74, 6) is 1.02. The molecular weight excluding hydrogens is 218 g/mol. The van der Waals surface area contributed by atoms with Gasteiger partial charge in [0.05, 0.1) is 11.9 Å². The standard InChI is InChI=1S/C12H11N3O2/c1-9-6-13-7-12(15-9)17-11-4-2-3-10(5-11)14-8-16/h2-8H,1H3,(H,14,16). The molecule has 2 aromatic rings. The van der Waals surface area contributed by atoms with Crippen molar-refractivity contribution in [2.75, 3.05) is 5.32 Å². The van der Waals surface area contributed by atoms with Crippen LogP contribution in [-0.2, 0) is 4.79 Å². The summed E-state index contributed by atoms with van der Waals surface area (Å²) in [7, 11) is 0. The summed E-state index contributed by atoms with van der Waals surface area (Å²) in [6, 6.07) is 7.03. The molecule has 0 aliphatic rings. The highest BCUT2D eigenvalue weighted by Crippen LogP contribution is 2.21. The first-order valence-electron chi connectivity index (χ1n) is 5.04. The lowest BCUT2D eigenvalue weighted by molar-refractivity contribution is -0.105. The molecule has 0 radical (unpaired) electrons. The highest BCUT2D eigenvalue weighted by atomic mass is 16.5. The maximum absolute atomic E-state index is 10.3. The fraction of sp³-hybridized carbons (Fsp3) is 0.0833. The van der Waals surface area contributed by atoms with Crippen molar-refractivity contribution in [1.82, 2.24) is 9.97 Å². The lowest BCUT2D eigenvalue weighted by Gasteiger charge is -2.06. The second-order valence-electron chi connectivity index (χ2n) is 3.39. The van der Waals surface area contributed by atoms with Gasteiger partial charge in [-0.25, -0.2) is 4.98 Å². The Balaban J connectivity index is 2.18. The van der Waals surface area contributed by atoms with E-state index in [0.717, 1.165) is 5.69 Å². The summed E-state index contributed by atoms with van der Waals surface area (Å²) < 4.78 is 5.52. The Labute approximate surface area is 98.5 Å². The second kappa shape index (κ2) is 5.07. The van der Waals surface area contributed by atoms with E-state index in [-0.39, 0.29) is 0 Å². The number of carbonyl (C=O) groups excluding carboxylic acids is 1. The molecule has 1 aromatic heterocycles. The van der Waals surface area contributed by atoms with E-state index in [4.69, 9.17) is 4.74 Å². The summed E-state index contributed by atoms with van der Waals surface area (Å²) in [4.78, 5) is 18.5. The molecule has 0 aliphatic heterocycles. The van der Waals surface area contributed by atoms with Gasteiger partial charge in [-0.05, 0) is 19.1 Å². The molecule has 0 atom stereocenters. The molecule has 5 nitrogen and oxygen atoms in total. The number of anilines is 1. The van der Waals surface area contributed by atoms with E-state index >= 15 is 0 Å². The van der Waals surface area contributed by atoms with Crippen molar-refractivity contribution in [2.45, 2.75) is 6.92 Å². The van der Waals surface area contributed by atoms with Crippen molar-refractivity contribution in [2.24, 2.45) is 0 Å². The number of benzene rings is 1. The largest absolute Gasteiger partial charge is 0.437 e. The van der Waals surface area contributed by atoms with E-state index in [2.05, 4.69) is 15.3 Å². The Bertz CT molecular complexity index is 529. The highest BCUT2D eigenvalue weighted by Gasteiger charge is 2.00. The first kappa shape index (κ1) is 11.1. The third-order valence-electron chi connectivity index (χ3n) is 2.01. The number of nitrogens with zero attached hydrogens (tertiary/aromatic N) is 2. The first-order valence-corrected chi connectivity index (χ1v) is 5.04. The number of nitrogens with one attached hydrogen (secondary N) is 1. The summed E-state index contributed by atoms with van der Waals surface area (Å²) in [5.41, 5.74) is 1.45. The van der Waals surface area contributed by atoms with Gasteiger partial charge in [-0.2, -0.15) is 0 Å². The fourth-order valence-electron chi connectivity index (χ4n) is 1.33. The van der Waals surface area contributed by atoms with Crippen LogP contribution in [0.5, 0.6) is 11.6 Å². The van der Waals surface area contributed by atoms with Crippen LogP contribution in [-0.4, -0.2) is 16.4 Å². The van der Waals surface area contributed by atoms with Crippen LogP contribution >= 0.6 is 0 Å². The third-order valence-corrected chi connectivity index (χ3v) is 2.01. The number of carbonyl (C=O) groups is 1. The molecule has 0 saturated carbocycles. The molecule has 0 spiro atoms. The van der Waals surface area contributed by atoms with Gasteiger partial charge >= 0.3 is 0 Å². The van der Waals surface area contributed by atoms with Crippen molar-refractivity contribution in [3.8, 4) is 11.6 Å². The van der Waals surface area contributed by atoms with Gasteiger partial charge in [-0.1, -0.05) is 6.07 Å². The normalized spacial score (nSPS) is 9.71. The van der Waals surface area contributed by atoms with E-state index in [1.807, 2.05) is 6.92 Å². The van der Waals surface area contributed by atoms with Crippen molar-refractivity contribution >= 4 is 12.1 Å². The molecule has 1 N–H and O–H groups in total. The molecule has 0 saturated heterocycles. The van der Waals surface area contributed by atoms with Crippen molar-refractivity contribution in [3.63, 3.8) is 0 Å². The number of hydrogen-bond donors (Lipinski definition) is 1. The fourth-order valence-corrected chi connectivity index (χ4v) is 1.33. The zero-order valence-corrected chi connectivity index (χ0v) is 9.25. The van der Waals surface area contributed by atoms with Crippen LogP contribution in [0.4, 0.5) is 5.69 Å². The predicted molar refractivity (Wildman–Crippen MR) is 63.0 cm³/mol. The van der Waals surface area contributed by atoms with Gasteiger partial charge in [0, 0.05) is 18.0 Å². The Hall–Kier alpha value is -2.43. The van der Waals surface area contributed by atoms with Crippen LogP contribution in [0.15, 0.2) is 36.7 Å². The average molecular weight is 229 g/mol. The van der Waals surface area contributed by atoms with Crippen molar-refractivity contribution < 1.29 is 9.53 Å². The number of amides is 1. The number of ether oxygens (including phenoxy) is 1. The van der Waals surface area contributed by atoms with Crippen molar-refractivity contribution in [3.05, 3.63) is 42.4 Å². The quantitative estimate of drug-likeness (QED) is 0.816. The average Bonchev–Trinajstić information content (AvgIpc) is 2.30. The van der Waals surface area contributed by atoms with E-state index in [1.165, 1.54) is 6.20 Å². The van der Waals surface area contributed by atoms with Gasteiger partial charge in [-0.3, -0.25) is 9.78 Å². The molecule has 5 heteroatoms. The third kappa shape index (κ3) is 3.01. The van der Waals surface area contributed by atoms with E-state index in [1.54, 1.807) is 30.5 Å². The van der Waals surface area contributed by atoms with Gasteiger partial charge in [0.25, 0.3) is 0 Å². The molecule has 1 amide bonds. The SMILES string of the molecule is Cc1cncc(Oc2cccc(NC=O)c2)n1. The van der Waals surface area contributed by atoms with Gasteiger partial charge < -0.3 is 10.1 Å². The second-order valence-corrected chi connectivity index (χ2v) is 3.39. The molecule has 86 valence electrons. The Morgan fingerprint density at radius 3 is 3.00 bits per heavy atom. The minimum Gasteiger partial charge on any atom is -0.437 e. The van der Waals surface area contributed by atoms with E-state index in [9.17, 15) is 4.79 Å². The van der Waals surface area contributed by atoms with Crippen molar-refractivity contribution in [1.29, 1.82) is 0 Å². The van der Waals surface area contributed by atoms with Crippen LogP contribution in [0.2, 0.25) is 0 Å². The topological polar surface area (TPSA) is 64.1 Å². The monoisotopic (exact) mass is 229 g/mol. The highest BCUT2D eigenvalue weighted by molar-refractivity contribution is 5.71. The summed E-state index contributed by atoms with van der Waals surface area (Å²) in [6.45, 7) is 1.84. The zero-order valence-electron chi connectivity index (χ0n) is 9.25. The minimum atomic E-state index is 0.424. The number of aromatic nitrogens is 2. The molecule has 1 aromatic carbocycles. The minimum absolute atomic E-state index is 0.424. The smallest absolute Gasteiger partial charge is 0.238 e. The predicted octanol–water partition coefficient (Wildman–Crippen LogP) is 2.15. The summed E-state index contributed by atoms with van der Waals surface area (Å²) >= 11 is 0. The molecule has 0 unspecified atom stereocenters. The van der Waals surface area contributed by atoms with Crippen LogP contribution < -0.4 is 10.1 Å². The first-order chi connectivity index (χ1) is 8.28. The molecular formula is C12H11N3O2. The summed E-state index contributed by atoms with van der Waals surface area (Å²) in [6.07, 6.45) is 3.80.